The molecule has 710 valence electrons. The summed E-state index contributed by atoms with van der Waals surface area (Å²) in [4.78, 5) is 105. The van der Waals surface area contributed by atoms with Crippen molar-refractivity contribution < 1.29 is 95.2 Å². The molecule has 134 heavy (non-hydrogen) atoms. The van der Waals surface area contributed by atoms with Crippen LogP contribution < -0.4 is 56.8 Å². The zero-order valence-electron chi connectivity index (χ0n) is 78.4. The summed E-state index contributed by atoms with van der Waals surface area (Å²) in [6.45, 7) is 6.86. The first-order valence-corrected chi connectivity index (χ1v) is 49.0. The minimum Gasteiger partial charge on any atom is -0.494 e. The summed E-state index contributed by atoms with van der Waals surface area (Å²) in [5, 5.41) is 0. The van der Waals surface area contributed by atoms with Gasteiger partial charge in [-0.15, -0.1) is 0 Å². The van der Waals surface area contributed by atoms with E-state index in [4.69, 9.17) is 56.8 Å². The van der Waals surface area contributed by atoms with Crippen molar-refractivity contribution in [1.29, 1.82) is 0 Å². The van der Waals surface area contributed by atoms with E-state index >= 15 is 0 Å². The lowest BCUT2D eigenvalue weighted by Gasteiger charge is -2.10. The molecule has 0 aliphatic carbocycles. The summed E-state index contributed by atoms with van der Waals surface area (Å²) in [6, 6.07) is 63.1. The molecule has 0 aliphatic rings. The van der Waals surface area contributed by atoms with Crippen LogP contribution in [0.2, 0.25) is 0 Å². The Morgan fingerprint density at radius 1 is 0.149 bits per heavy atom. The zero-order valence-corrected chi connectivity index (χ0v) is 78.4. The lowest BCUT2D eigenvalue weighted by Crippen LogP contribution is -2.11. The first-order valence-electron chi connectivity index (χ1n) is 49.0. The smallest absolute Gasteiger partial charge is 0.343 e. The molecule has 0 atom stereocenters. The molecule has 0 bridgehead atoms. The number of benzene rings is 10. The van der Waals surface area contributed by atoms with Gasteiger partial charge in [0.05, 0.1) is 70.9 Å². The minimum atomic E-state index is -0.688. The first kappa shape index (κ1) is 103. The van der Waals surface area contributed by atoms with Crippen LogP contribution in [0.5, 0.6) is 69.0 Å². The maximum atomic E-state index is 13.2. The quantitative estimate of drug-likeness (QED) is 0.0195. The Balaban J connectivity index is 0.509. The minimum absolute atomic E-state index is 0.129. The van der Waals surface area contributed by atoms with Gasteiger partial charge in [0.15, 0.2) is 0 Å². The number of unbranched alkanes of at least 4 members (excludes halogenated alkanes) is 37. The monoisotopic (exact) mass is 1820 g/mol. The molecule has 0 spiro atoms. The zero-order chi connectivity index (χ0) is 94.0. The van der Waals surface area contributed by atoms with Crippen molar-refractivity contribution in [2.45, 2.75) is 271 Å². The molecule has 10 rings (SSSR count). The molecule has 10 aromatic carbocycles. The predicted molar refractivity (Wildman–Crippen MR) is 522 cm³/mol. The predicted octanol–water partition coefficient (Wildman–Crippen LogP) is 29.3. The highest BCUT2D eigenvalue weighted by Crippen LogP contribution is 2.30. The Labute approximate surface area is 791 Å². The Morgan fingerprint density at radius 3 is 0.425 bits per heavy atom. The van der Waals surface area contributed by atoms with Crippen molar-refractivity contribution >= 4 is 47.8 Å². The molecule has 0 amide bonds. The van der Waals surface area contributed by atoms with Gasteiger partial charge in [0.1, 0.15) is 69.0 Å². The van der Waals surface area contributed by atoms with E-state index in [2.05, 4.69) is 13.8 Å². The highest BCUT2D eigenvalue weighted by Gasteiger charge is 2.20. The van der Waals surface area contributed by atoms with Gasteiger partial charge in [-0.1, -0.05) is 257 Å². The van der Waals surface area contributed by atoms with Crippen LogP contribution in [0.25, 0.3) is 0 Å². The Morgan fingerprint density at radius 2 is 0.276 bits per heavy atom. The standard InChI is InChI=1S/C114H134O20/c1-3-5-7-9-11-13-15-17-19-21-23-25-27-31-35-39-81-123-95-65-49-87(50-66-95)107(115)127-99-73-57-91(58-74-99)111(119)131-103-45-43-47-105(85-103)133-113(121)93-61-77-101(78-62-93)129-109(117)89-53-69-97(70-54-89)125-83-41-37-33-29-30-34-38-42-84-126-98-71-55-90(56-72-98)110(118)130-102-79-63-94(64-80-102)114(122)134-106-48-44-46-104(86-106)132-112(120)92-59-75-100(76-60-92)128-108(116)88-51-67-96(68-52-88)124-82-40-36-32-28-26-24-22-20-18-16-14-12-10-8-6-4-2/h43-80,85-86H,3-42,81-84H2,1-2H3. The highest BCUT2D eigenvalue weighted by atomic mass is 16.6. The van der Waals surface area contributed by atoms with Crippen molar-refractivity contribution in [2.75, 3.05) is 26.4 Å². The Bertz CT molecular complexity index is 4780. The van der Waals surface area contributed by atoms with Crippen LogP contribution in [-0.4, -0.2) is 74.2 Å². The third kappa shape index (κ3) is 39.9. The van der Waals surface area contributed by atoms with Gasteiger partial charge in [-0.3, -0.25) is 0 Å². The highest BCUT2D eigenvalue weighted by molar-refractivity contribution is 5.96. The van der Waals surface area contributed by atoms with Crippen LogP contribution in [0.1, 0.15) is 354 Å². The van der Waals surface area contributed by atoms with E-state index in [1.54, 1.807) is 133 Å². The third-order valence-electron chi connectivity index (χ3n) is 23.1. The van der Waals surface area contributed by atoms with E-state index in [-0.39, 0.29) is 68.2 Å². The fraction of sp³-hybridized carbons (Fsp3) is 0.404. The van der Waals surface area contributed by atoms with E-state index in [0.29, 0.717) is 71.7 Å². The SMILES string of the molecule is CCCCCCCCCCCCCCCCCCOc1ccc(C(=O)Oc2ccc(C(=O)Oc3cccc(OC(=O)c4ccc(OC(=O)c5ccc(OCCCCCCCCCCOc6ccc(C(=O)Oc7ccc(C(=O)Oc8cccc(OC(=O)c9ccc(OC(=O)c%10ccc(OCCCCCCCCCCCCCCCCCC)cc%10)cc9)c8)cc7)cc6)cc5)cc4)c3)cc2)cc1. The van der Waals surface area contributed by atoms with E-state index in [0.717, 1.165) is 77.0 Å². The van der Waals surface area contributed by atoms with Gasteiger partial charge in [0.25, 0.3) is 0 Å². The van der Waals surface area contributed by atoms with Crippen LogP contribution in [0.3, 0.4) is 0 Å². The summed E-state index contributed by atoms with van der Waals surface area (Å²) < 4.78 is 68.4. The normalized spacial score (nSPS) is 11.0. The topological polar surface area (TPSA) is 247 Å². The number of hydrogen-bond donors (Lipinski definition) is 0. The van der Waals surface area contributed by atoms with Crippen molar-refractivity contribution in [3.05, 3.63) is 287 Å². The van der Waals surface area contributed by atoms with Crippen LogP contribution in [-0.2, 0) is 0 Å². The van der Waals surface area contributed by atoms with Gasteiger partial charge >= 0.3 is 47.8 Å². The van der Waals surface area contributed by atoms with Crippen LogP contribution in [0.15, 0.2) is 243 Å². The summed E-state index contributed by atoms with van der Waals surface area (Å²) in [5.74, 6) is -0.884. The third-order valence-corrected chi connectivity index (χ3v) is 23.1. The molecule has 10 aromatic rings. The van der Waals surface area contributed by atoms with Crippen molar-refractivity contribution in [2.24, 2.45) is 0 Å². The molecule has 0 heterocycles. The van der Waals surface area contributed by atoms with E-state index in [1.807, 2.05) is 0 Å². The van der Waals surface area contributed by atoms with Crippen LogP contribution in [0, 0.1) is 0 Å². The van der Waals surface area contributed by atoms with E-state index in [1.165, 1.54) is 289 Å². The average Bonchev–Trinajstić information content (AvgIpc) is 0.844. The van der Waals surface area contributed by atoms with Crippen molar-refractivity contribution in [3.63, 3.8) is 0 Å². The summed E-state index contributed by atoms with van der Waals surface area (Å²) in [7, 11) is 0. The molecule has 0 fully saturated rings. The number of carbonyl (C=O) groups is 8. The second-order valence-electron chi connectivity index (χ2n) is 34.1. The molecule has 0 aromatic heterocycles. The molecular formula is C114H134O20. The fourth-order valence-electron chi connectivity index (χ4n) is 15.2. The lowest BCUT2D eigenvalue weighted by atomic mass is 10.0. The Hall–Kier alpha value is -12.8. The summed E-state index contributed by atoms with van der Waals surface area (Å²) >= 11 is 0. The molecule has 0 saturated carbocycles. The Kier molecular flexibility index (Phi) is 47.1. The van der Waals surface area contributed by atoms with Crippen LogP contribution in [0.4, 0.5) is 0 Å². The molecule has 0 saturated heterocycles. The lowest BCUT2D eigenvalue weighted by molar-refractivity contribution is 0.0711. The largest absolute Gasteiger partial charge is 0.494 e. The maximum Gasteiger partial charge on any atom is 0.343 e. The molecule has 0 aliphatic heterocycles. The fourth-order valence-corrected chi connectivity index (χ4v) is 15.2. The number of hydrogen-bond acceptors (Lipinski definition) is 20. The van der Waals surface area contributed by atoms with Gasteiger partial charge in [-0.2, -0.15) is 0 Å². The average molecular weight is 1820 g/mol. The number of ether oxygens (including phenoxy) is 12. The molecule has 20 nitrogen and oxygen atoms in total. The van der Waals surface area contributed by atoms with Gasteiger partial charge in [0, 0.05) is 12.1 Å². The molecule has 0 N–H and O–H groups in total. The molecule has 20 heteroatoms. The van der Waals surface area contributed by atoms with E-state index in [9.17, 15) is 38.4 Å². The van der Waals surface area contributed by atoms with Crippen LogP contribution >= 0.6 is 0 Å². The number of rotatable bonds is 65. The van der Waals surface area contributed by atoms with Gasteiger partial charge < -0.3 is 56.8 Å². The van der Waals surface area contributed by atoms with Crippen molar-refractivity contribution in [3.8, 4) is 69.0 Å². The second kappa shape index (κ2) is 61.1. The summed E-state index contributed by atoms with van der Waals surface area (Å²) in [6.07, 6.45) is 50.3. The molecular weight excluding hydrogens is 1690 g/mol. The molecule has 0 radical (unpaired) electrons. The van der Waals surface area contributed by atoms with Crippen molar-refractivity contribution in [1.82, 2.24) is 0 Å². The number of esters is 8. The number of carbonyl (C=O) groups excluding carboxylic acids is 8. The van der Waals surface area contributed by atoms with E-state index < -0.39 is 47.8 Å². The summed E-state index contributed by atoms with van der Waals surface area (Å²) in [5.41, 5.74) is 2.14. The molecule has 0 unspecified atom stereocenters. The maximum absolute atomic E-state index is 13.2. The van der Waals surface area contributed by atoms with Gasteiger partial charge in [0.2, 0.25) is 0 Å². The first-order chi connectivity index (χ1) is 65.7. The second-order valence-corrected chi connectivity index (χ2v) is 34.1. The van der Waals surface area contributed by atoms with Gasteiger partial charge in [-0.05, 0) is 244 Å². The van der Waals surface area contributed by atoms with Gasteiger partial charge in [-0.25, -0.2) is 38.4 Å².